The minimum atomic E-state index is -1.19. The molecule has 3 nitrogen and oxygen atoms in total. The summed E-state index contributed by atoms with van der Waals surface area (Å²) in [6.45, 7) is 3.74. The van der Waals surface area contributed by atoms with E-state index in [1.807, 2.05) is 0 Å². The van der Waals surface area contributed by atoms with Crippen LogP contribution >= 0.6 is 11.6 Å². The summed E-state index contributed by atoms with van der Waals surface area (Å²) in [5.41, 5.74) is 0. The molecule has 0 saturated heterocycles. The molecule has 11 heavy (non-hydrogen) atoms. The second-order valence-electron chi connectivity index (χ2n) is 2.12. The van der Waals surface area contributed by atoms with E-state index in [1.165, 1.54) is 0 Å². The van der Waals surface area contributed by atoms with Crippen LogP contribution in [0.3, 0.4) is 0 Å². The minimum Gasteiger partial charge on any atom is -0.464 e. The second kappa shape index (κ2) is 5.38. The molecule has 1 N–H and O–H groups in total. The minimum absolute atomic E-state index is 0.267. The number of rotatable bonds is 4. The van der Waals surface area contributed by atoms with Crippen molar-refractivity contribution in [3.63, 3.8) is 0 Å². The highest BCUT2D eigenvalue weighted by atomic mass is 35.5. The Kier molecular flexibility index (Phi) is 5.24. The zero-order valence-corrected chi connectivity index (χ0v) is 7.47. The first kappa shape index (κ1) is 10.7. The summed E-state index contributed by atoms with van der Waals surface area (Å²) in [6, 6.07) is 0. The second-order valence-corrected chi connectivity index (χ2v) is 2.68. The summed E-state index contributed by atoms with van der Waals surface area (Å²) < 4.78 is 4.55. The third-order valence-corrected chi connectivity index (χ3v) is 1.81. The molecule has 0 saturated carbocycles. The van der Waals surface area contributed by atoms with E-state index in [2.05, 4.69) is 4.74 Å². The fraction of sp³-hybridized carbons (Fsp3) is 0.857. The van der Waals surface area contributed by atoms with Crippen LogP contribution in [0, 0.1) is 0 Å². The van der Waals surface area contributed by atoms with Gasteiger partial charge in [0.05, 0.1) is 12.0 Å². The van der Waals surface area contributed by atoms with Gasteiger partial charge in [0.15, 0.2) is 6.10 Å². The molecule has 66 valence electrons. The topological polar surface area (TPSA) is 46.5 Å². The van der Waals surface area contributed by atoms with E-state index in [9.17, 15) is 4.79 Å². The molecule has 0 aromatic carbocycles. The fourth-order valence-electron chi connectivity index (χ4n) is 0.599. The standard InChI is InChI=1S/C7H13ClO3/c1-3-5(8)6(9)7(10)11-4-2/h5-6,9H,3-4H2,1-2H3/t5-,6+/m0/s1. The number of aliphatic hydroxyl groups is 1. The maximum Gasteiger partial charge on any atom is 0.336 e. The van der Waals surface area contributed by atoms with Gasteiger partial charge >= 0.3 is 5.97 Å². The van der Waals surface area contributed by atoms with E-state index >= 15 is 0 Å². The van der Waals surface area contributed by atoms with Crippen molar-refractivity contribution in [2.75, 3.05) is 6.61 Å². The van der Waals surface area contributed by atoms with Crippen LogP contribution < -0.4 is 0 Å². The highest BCUT2D eigenvalue weighted by molar-refractivity contribution is 6.22. The van der Waals surface area contributed by atoms with Crippen molar-refractivity contribution < 1.29 is 14.6 Å². The normalized spacial score (nSPS) is 15.6. The van der Waals surface area contributed by atoms with E-state index in [0.717, 1.165) is 0 Å². The molecule has 0 aliphatic carbocycles. The molecule has 2 atom stereocenters. The maximum absolute atomic E-state index is 10.8. The van der Waals surface area contributed by atoms with Crippen LogP contribution in [0.15, 0.2) is 0 Å². The van der Waals surface area contributed by atoms with E-state index < -0.39 is 17.5 Å². The average Bonchev–Trinajstić information content (AvgIpc) is 2.02. The van der Waals surface area contributed by atoms with Crippen LogP contribution in [0.25, 0.3) is 0 Å². The Morgan fingerprint density at radius 2 is 2.18 bits per heavy atom. The van der Waals surface area contributed by atoms with Gasteiger partial charge in [0, 0.05) is 0 Å². The Morgan fingerprint density at radius 1 is 1.64 bits per heavy atom. The SMILES string of the molecule is CCOC(=O)[C@H](O)[C@@H](Cl)CC. The fourth-order valence-corrected chi connectivity index (χ4v) is 0.701. The van der Waals surface area contributed by atoms with Crippen molar-refractivity contribution >= 4 is 17.6 Å². The predicted octanol–water partition coefficient (Wildman–Crippen LogP) is 0.928. The van der Waals surface area contributed by atoms with Crippen molar-refractivity contribution in [1.29, 1.82) is 0 Å². The monoisotopic (exact) mass is 180 g/mol. The molecule has 0 aliphatic heterocycles. The van der Waals surface area contributed by atoms with Crippen LogP contribution in [0.4, 0.5) is 0 Å². The molecule has 4 heteroatoms. The summed E-state index contributed by atoms with van der Waals surface area (Å²) in [6.07, 6.45) is -0.650. The van der Waals surface area contributed by atoms with E-state index in [-0.39, 0.29) is 6.61 Å². The van der Waals surface area contributed by atoms with Gasteiger partial charge in [-0.25, -0.2) is 4.79 Å². The van der Waals surface area contributed by atoms with Crippen molar-refractivity contribution in [3.8, 4) is 0 Å². The van der Waals surface area contributed by atoms with Crippen LogP contribution in [0.2, 0.25) is 0 Å². The lowest BCUT2D eigenvalue weighted by atomic mass is 10.2. The van der Waals surface area contributed by atoms with Crippen LogP contribution in [-0.4, -0.2) is 29.2 Å². The third kappa shape index (κ3) is 3.58. The molecular formula is C7H13ClO3. The molecule has 0 amide bonds. The smallest absolute Gasteiger partial charge is 0.336 e. The summed E-state index contributed by atoms with van der Waals surface area (Å²) in [7, 11) is 0. The number of halogens is 1. The van der Waals surface area contributed by atoms with Crippen molar-refractivity contribution in [1.82, 2.24) is 0 Å². The highest BCUT2D eigenvalue weighted by Gasteiger charge is 2.23. The molecule has 0 aromatic heterocycles. The Balaban J connectivity index is 3.80. The lowest BCUT2D eigenvalue weighted by Crippen LogP contribution is -2.31. The first-order valence-corrected chi connectivity index (χ1v) is 4.05. The van der Waals surface area contributed by atoms with Crippen molar-refractivity contribution in [2.45, 2.75) is 31.7 Å². The first-order valence-electron chi connectivity index (χ1n) is 3.62. The molecule has 0 spiro atoms. The van der Waals surface area contributed by atoms with Crippen molar-refractivity contribution in [2.24, 2.45) is 0 Å². The van der Waals surface area contributed by atoms with Gasteiger partial charge in [-0.05, 0) is 13.3 Å². The van der Waals surface area contributed by atoms with E-state index in [0.29, 0.717) is 6.42 Å². The summed E-state index contributed by atoms with van der Waals surface area (Å²) in [5, 5.41) is 8.56. The molecular weight excluding hydrogens is 168 g/mol. The number of ether oxygens (including phenoxy) is 1. The Bertz CT molecular complexity index is 127. The van der Waals surface area contributed by atoms with E-state index in [1.54, 1.807) is 13.8 Å². The predicted molar refractivity (Wildman–Crippen MR) is 42.6 cm³/mol. The van der Waals surface area contributed by atoms with Gasteiger partial charge in [0.2, 0.25) is 0 Å². The lowest BCUT2D eigenvalue weighted by molar-refractivity contribution is -0.153. The number of aliphatic hydroxyl groups excluding tert-OH is 1. The maximum atomic E-state index is 10.8. The van der Waals surface area contributed by atoms with E-state index in [4.69, 9.17) is 16.7 Å². The largest absolute Gasteiger partial charge is 0.464 e. The summed E-state index contributed by atoms with van der Waals surface area (Å²) in [5.74, 6) is -0.644. The molecule has 0 aromatic rings. The number of carbonyl (C=O) groups excluding carboxylic acids is 1. The number of hydrogen-bond donors (Lipinski definition) is 1. The van der Waals surface area contributed by atoms with Crippen molar-refractivity contribution in [3.05, 3.63) is 0 Å². The van der Waals surface area contributed by atoms with Gasteiger partial charge in [-0.15, -0.1) is 11.6 Å². The number of esters is 1. The molecule has 0 rings (SSSR count). The zero-order chi connectivity index (χ0) is 8.85. The summed E-state index contributed by atoms with van der Waals surface area (Å²) >= 11 is 5.60. The molecule has 0 fully saturated rings. The molecule has 0 heterocycles. The summed E-state index contributed by atoms with van der Waals surface area (Å²) in [4.78, 5) is 10.8. The Hall–Kier alpha value is -0.280. The van der Waals surface area contributed by atoms with Gasteiger partial charge < -0.3 is 9.84 Å². The average molecular weight is 181 g/mol. The Morgan fingerprint density at radius 3 is 2.55 bits per heavy atom. The van der Waals surface area contributed by atoms with Gasteiger partial charge in [0.25, 0.3) is 0 Å². The molecule has 0 unspecified atom stereocenters. The van der Waals surface area contributed by atoms with Gasteiger partial charge in [-0.3, -0.25) is 0 Å². The zero-order valence-electron chi connectivity index (χ0n) is 6.71. The lowest BCUT2D eigenvalue weighted by Gasteiger charge is -2.12. The number of hydrogen-bond acceptors (Lipinski definition) is 3. The molecule has 0 radical (unpaired) electrons. The van der Waals surface area contributed by atoms with Gasteiger partial charge in [0.1, 0.15) is 0 Å². The number of alkyl halides is 1. The quantitative estimate of drug-likeness (QED) is 0.517. The molecule has 0 bridgehead atoms. The van der Waals surface area contributed by atoms with Gasteiger partial charge in [-0.1, -0.05) is 6.92 Å². The van der Waals surface area contributed by atoms with Crippen LogP contribution in [0.1, 0.15) is 20.3 Å². The third-order valence-electron chi connectivity index (χ3n) is 1.26. The first-order chi connectivity index (χ1) is 5.13. The number of carbonyl (C=O) groups is 1. The van der Waals surface area contributed by atoms with Crippen LogP contribution in [-0.2, 0) is 9.53 Å². The van der Waals surface area contributed by atoms with Gasteiger partial charge in [-0.2, -0.15) is 0 Å². The Labute approximate surface area is 71.3 Å². The molecule has 0 aliphatic rings. The van der Waals surface area contributed by atoms with Crippen LogP contribution in [0.5, 0.6) is 0 Å². The highest BCUT2D eigenvalue weighted by Crippen LogP contribution is 2.08.